The lowest BCUT2D eigenvalue weighted by Crippen LogP contribution is -2.34. The van der Waals surface area contributed by atoms with Gasteiger partial charge < -0.3 is 15.7 Å². The van der Waals surface area contributed by atoms with Gasteiger partial charge in [0.15, 0.2) is 0 Å². The summed E-state index contributed by atoms with van der Waals surface area (Å²) in [5.74, 6) is 0. The van der Waals surface area contributed by atoms with Gasteiger partial charge in [-0.2, -0.15) is 0 Å². The maximum atomic E-state index is 9.04. The molecule has 0 bridgehead atoms. The molecule has 0 aromatic heterocycles. The highest BCUT2D eigenvalue weighted by Crippen LogP contribution is 2.18. The molecule has 0 spiro atoms. The summed E-state index contributed by atoms with van der Waals surface area (Å²) < 4.78 is 1.07. The van der Waals surface area contributed by atoms with Crippen LogP contribution in [0, 0.1) is 0 Å². The second kappa shape index (κ2) is 7.11. The summed E-state index contributed by atoms with van der Waals surface area (Å²) in [6, 6.07) is 8.35. The molecule has 2 unspecified atom stereocenters. The second-order valence-electron chi connectivity index (χ2n) is 4.46. The number of nitrogens with two attached hydrogens (primary N) is 1. The molecule has 1 rings (SSSR count). The molecule has 0 heterocycles. The summed E-state index contributed by atoms with van der Waals surface area (Å²) in [4.78, 5) is 2.12. The predicted molar refractivity (Wildman–Crippen MR) is 74.9 cm³/mol. The Morgan fingerprint density at radius 1 is 1.35 bits per heavy atom. The molecular weight excluding hydrogens is 280 g/mol. The zero-order valence-electron chi connectivity index (χ0n) is 10.4. The van der Waals surface area contributed by atoms with Crippen LogP contribution in [0.25, 0.3) is 0 Å². The van der Waals surface area contributed by atoms with Crippen molar-refractivity contribution in [2.75, 3.05) is 20.2 Å². The average Bonchev–Trinajstić information content (AvgIpc) is 2.35. The summed E-state index contributed by atoms with van der Waals surface area (Å²) in [6.07, 6.45) is 0.891. The Hall–Kier alpha value is -0.420. The Balaban J connectivity index is 2.44. The Morgan fingerprint density at radius 3 is 2.47 bits per heavy atom. The van der Waals surface area contributed by atoms with Gasteiger partial charge in [-0.1, -0.05) is 28.1 Å². The molecule has 17 heavy (non-hydrogen) atoms. The number of hydrogen-bond donors (Lipinski definition) is 2. The predicted octanol–water partition coefficient (Wildman–Crippen LogP) is 2.15. The summed E-state index contributed by atoms with van der Waals surface area (Å²) in [5.41, 5.74) is 7.28. The Labute approximate surface area is 112 Å². The van der Waals surface area contributed by atoms with Crippen LogP contribution in [0.5, 0.6) is 0 Å². The first-order valence-corrected chi connectivity index (χ1v) is 6.66. The van der Waals surface area contributed by atoms with Gasteiger partial charge in [-0.05, 0) is 38.1 Å². The van der Waals surface area contributed by atoms with Gasteiger partial charge in [0.1, 0.15) is 0 Å². The summed E-state index contributed by atoms with van der Waals surface area (Å²) in [7, 11) is 2.01. The van der Waals surface area contributed by atoms with E-state index in [9.17, 15) is 0 Å². The van der Waals surface area contributed by atoms with E-state index < -0.39 is 0 Å². The molecule has 0 aliphatic heterocycles. The van der Waals surface area contributed by atoms with Gasteiger partial charge >= 0.3 is 0 Å². The zero-order valence-corrected chi connectivity index (χ0v) is 12.0. The van der Waals surface area contributed by atoms with Crippen LogP contribution in [0.4, 0.5) is 0 Å². The third kappa shape index (κ3) is 4.76. The average molecular weight is 301 g/mol. The highest BCUT2D eigenvalue weighted by molar-refractivity contribution is 9.10. The number of hydrogen-bond acceptors (Lipinski definition) is 3. The second-order valence-corrected chi connectivity index (χ2v) is 5.37. The quantitative estimate of drug-likeness (QED) is 0.846. The van der Waals surface area contributed by atoms with Gasteiger partial charge in [-0.25, -0.2) is 0 Å². The summed E-state index contributed by atoms with van der Waals surface area (Å²) in [5, 5.41) is 9.04. The molecule has 0 saturated carbocycles. The normalized spacial score (nSPS) is 14.9. The van der Waals surface area contributed by atoms with Crippen LogP contribution in [0.1, 0.15) is 24.9 Å². The van der Waals surface area contributed by atoms with Crippen molar-refractivity contribution in [3.8, 4) is 0 Å². The van der Waals surface area contributed by atoms with Gasteiger partial charge in [0.05, 0.1) is 6.61 Å². The van der Waals surface area contributed by atoms with E-state index >= 15 is 0 Å². The van der Waals surface area contributed by atoms with E-state index in [1.165, 1.54) is 0 Å². The van der Waals surface area contributed by atoms with Crippen molar-refractivity contribution >= 4 is 15.9 Å². The van der Waals surface area contributed by atoms with Gasteiger partial charge in [-0.3, -0.25) is 0 Å². The van der Waals surface area contributed by atoms with Gasteiger partial charge in [0.2, 0.25) is 0 Å². The van der Waals surface area contributed by atoms with Crippen molar-refractivity contribution in [2.24, 2.45) is 5.73 Å². The van der Waals surface area contributed by atoms with Crippen LogP contribution >= 0.6 is 15.9 Å². The smallest absolute Gasteiger partial charge is 0.0584 e. The Kier molecular flexibility index (Phi) is 6.12. The summed E-state index contributed by atoms with van der Waals surface area (Å²) >= 11 is 3.41. The van der Waals surface area contributed by atoms with Crippen LogP contribution in [0.15, 0.2) is 28.7 Å². The molecule has 1 aromatic rings. The number of aliphatic hydroxyl groups is 1. The third-order valence-electron chi connectivity index (χ3n) is 3.11. The molecule has 0 amide bonds. The largest absolute Gasteiger partial charge is 0.395 e. The number of aliphatic hydroxyl groups excluding tert-OH is 1. The van der Waals surface area contributed by atoms with Crippen molar-refractivity contribution in [3.05, 3.63) is 34.3 Å². The van der Waals surface area contributed by atoms with E-state index in [1.54, 1.807) is 0 Å². The minimum Gasteiger partial charge on any atom is -0.395 e. The van der Waals surface area contributed by atoms with Crippen molar-refractivity contribution in [3.63, 3.8) is 0 Å². The fourth-order valence-corrected chi connectivity index (χ4v) is 1.84. The molecule has 1 aromatic carbocycles. The van der Waals surface area contributed by atoms with E-state index in [4.69, 9.17) is 10.8 Å². The monoisotopic (exact) mass is 300 g/mol. The lowest BCUT2D eigenvalue weighted by molar-refractivity contribution is 0.156. The van der Waals surface area contributed by atoms with Crippen molar-refractivity contribution in [2.45, 2.75) is 25.4 Å². The number of likely N-dealkylation sites (N-methyl/N-ethyl adjacent to an activating group) is 1. The molecule has 3 nitrogen and oxygen atoms in total. The fraction of sp³-hybridized carbons (Fsp3) is 0.538. The van der Waals surface area contributed by atoms with Crippen molar-refractivity contribution in [1.29, 1.82) is 0 Å². The number of benzene rings is 1. The maximum absolute atomic E-state index is 9.04. The Bertz CT molecular complexity index is 329. The molecule has 0 radical (unpaired) electrons. The van der Waals surface area contributed by atoms with Crippen molar-refractivity contribution < 1.29 is 5.11 Å². The van der Waals surface area contributed by atoms with E-state index in [-0.39, 0.29) is 18.7 Å². The van der Waals surface area contributed by atoms with E-state index in [0.717, 1.165) is 23.0 Å². The molecule has 3 N–H and O–H groups in total. The molecule has 0 fully saturated rings. The third-order valence-corrected chi connectivity index (χ3v) is 3.64. The molecule has 4 heteroatoms. The van der Waals surface area contributed by atoms with E-state index in [1.807, 2.05) is 38.2 Å². The van der Waals surface area contributed by atoms with Crippen LogP contribution in [-0.4, -0.2) is 36.2 Å². The van der Waals surface area contributed by atoms with Gasteiger partial charge in [-0.15, -0.1) is 0 Å². The fourth-order valence-electron chi connectivity index (χ4n) is 1.58. The molecule has 96 valence electrons. The molecule has 0 aliphatic rings. The molecule has 2 atom stereocenters. The number of nitrogens with zero attached hydrogens (tertiary/aromatic N) is 1. The Morgan fingerprint density at radius 2 is 1.94 bits per heavy atom. The lowest BCUT2D eigenvalue weighted by Gasteiger charge is -2.24. The van der Waals surface area contributed by atoms with Gasteiger partial charge in [0, 0.05) is 23.1 Å². The molecule has 0 aliphatic carbocycles. The zero-order chi connectivity index (χ0) is 12.8. The lowest BCUT2D eigenvalue weighted by atomic mass is 10.0. The van der Waals surface area contributed by atoms with Gasteiger partial charge in [0.25, 0.3) is 0 Å². The van der Waals surface area contributed by atoms with Crippen LogP contribution in [-0.2, 0) is 0 Å². The standard InChI is InChI=1S/C13H21BrN2O/c1-10(9-17)16(2)8-7-13(15)11-3-5-12(14)6-4-11/h3-6,10,13,17H,7-9,15H2,1-2H3. The molecular formula is C13H21BrN2O. The SMILES string of the molecule is CC(CO)N(C)CCC(N)c1ccc(Br)cc1. The van der Waals surface area contributed by atoms with Crippen LogP contribution in [0.2, 0.25) is 0 Å². The van der Waals surface area contributed by atoms with E-state index in [2.05, 4.69) is 20.8 Å². The highest BCUT2D eigenvalue weighted by Gasteiger charge is 2.11. The summed E-state index contributed by atoms with van der Waals surface area (Å²) in [6.45, 7) is 3.08. The first kappa shape index (κ1) is 14.6. The van der Waals surface area contributed by atoms with Crippen LogP contribution < -0.4 is 5.73 Å². The van der Waals surface area contributed by atoms with E-state index in [0.29, 0.717) is 0 Å². The topological polar surface area (TPSA) is 49.5 Å². The first-order valence-electron chi connectivity index (χ1n) is 5.86. The maximum Gasteiger partial charge on any atom is 0.0584 e. The van der Waals surface area contributed by atoms with Crippen LogP contribution in [0.3, 0.4) is 0 Å². The number of halogens is 1. The first-order chi connectivity index (χ1) is 8.04. The minimum atomic E-state index is 0.0523. The number of rotatable bonds is 6. The minimum absolute atomic E-state index is 0.0523. The van der Waals surface area contributed by atoms with Crippen molar-refractivity contribution in [1.82, 2.24) is 4.90 Å². The highest BCUT2D eigenvalue weighted by atomic mass is 79.9. The molecule has 0 saturated heterocycles.